The lowest BCUT2D eigenvalue weighted by molar-refractivity contribution is -0.137. The Bertz CT molecular complexity index is 1270. The quantitative estimate of drug-likeness (QED) is 0.551. The van der Waals surface area contributed by atoms with Crippen LogP contribution in [-0.2, 0) is 15.7 Å². The molecule has 1 amide bonds. The normalized spacial score (nSPS) is 15.3. The molecule has 4 rings (SSSR count). The number of nitrogens with zero attached hydrogens (tertiary/aromatic N) is 1. The second-order valence-corrected chi connectivity index (χ2v) is 7.98. The van der Waals surface area contributed by atoms with E-state index in [4.69, 9.17) is 13.9 Å². The summed E-state index contributed by atoms with van der Waals surface area (Å²) >= 11 is 0. The zero-order chi connectivity index (χ0) is 24.5. The average Bonchev–Trinajstić information content (AvgIpc) is 2.78. The monoisotopic (exact) mass is 476 g/mol. The van der Waals surface area contributed by atoms with Gasteiger partial charge in [0.1, 0.15) is 11.3 Å². The number of carbonyl (C=O) groups is 1. The Morgan fingerprint density at radius 3 is 2.56 bits per heavy atom. The summed E-state index contributed by atoms with van der Waals surface area (Å²) in [7, 11) is 0. The van der Waals surface area contributed by atoms with Crippen LogP contribution >= 0.6 is 0 Å². The van der Waals surface area contributed by atoms with Crippen molar-refractivity contribution in [3.8, 4) is 5.75 Å². The van der Waals surface area contributed by atoms with Crippen LogP contribution in [0.1, 0.15) is 18.1 Å². The standard InChI is InChI=1S/C24H23F3N2O5/c1-14-11-22(30)34-21-13-17(4-5-18(14)21)33-15(2)23(31)28-19-12-16(24(25,26)27)3-6-20(19)29-7-9-32-10-8-29/h3-6,11-13,15H,7-10H2,1-2H3,(H,28,31)/t15-/m1/s1. The number of hydrogen-bond donors (Lipinski definition) is 1. The van der Waals surface area contributed by atoms with Crippen LogP contribution in [0.2, 0.25) is 0 Å². The number of amides is 1. The number of hydrogen-bond acceptors (Lipinski definition) is 6. The van der Waals surface area contributed by atoms with Crippen molar-refractivity contribution in [2.75, 3.05) is 36.5 Å². The summed E-state index contributed by atoms with van der Waals surface area (Å²) in [6, 6.07) is 9.47. The molecule has 0 spiro atoms. The van der Waals surface area contributed by atoms with Crippen molar-refractivity contribution in [1.82, 2.24) is 0 Å². The van der Waals surface area contributed by atoms with E-state index in [1.54, 1.807) is 19.1 Å². The molecule has 0 unspecified atom stereocenters. The van der Waals surface area contributed by atoms with Crippen molar-refractivity contribution in [3.63, 3.8) is 0 Å². The van der Waals surface area contributed by atoms with Crippen molar-refractivity contribution in [1.29, 1.82) is 0 Å². The Kier molecular flexibility index (Phi) is 6.52. The lowest BCUT2D eigenvalue weighted by Gasteiger charge is -2.31. The van der Waals surface area contributed by atoms with Gasteiger partial charge in [0, 0.05) is 30.6 Å². The molecule has 1 N–H and O–H groups in total. The summed E-state index contributed by atoms with van der Waals surface area (Å²) in [5, 5.41) is 3.30. The Hall–Kier alpha value is -3.53. The number of aryl methyl sites for hydroxylation is 1. The molecule has 0 bridgehead atoms. The van der Waals surface area contributed by atoms with E-state index in [1.165, 1.54) is 25.1 Å². The number of halogens is 3. The number of fused-ring (bicyclic) bond motifs is 1. The van der Waals surface area contributed by atoms with Crippen molar-refractivity contribution in [3.05, 3.63) is 64.0 Å². The van der Waals surface area contributed by atoms with Gasteiger partial charge in [-0.15, -0.1) is 0 Å². The number of nitrogens with one attached hydrogen (secondary N) is 1. The first-order chi connectivity index (χ1) is 16.1. The number of morpholine rings is 1. The highest BCUT2D eigenvalue weighted by atomic mass is 19.4. The number of carbonyl (C=O) groups excluding carboxylic acids is 1. The maximum atomic E-state index is 13.3. The van der Waals surface area contributed by atoms with Crippen LogP contribution in [0.4, 0.5) is 24.5 Å². The average molecular weight is 476 g/mol. The molecular weight excluding hydrogens is 453 g/mol. The van der Waals surface area contributed by atoms with Crippen LogP contribution in [0.5, 0.6) is 5.75 Å². The second-order valence-electron chi connectivity index (χ2n) is 7.98. The zero-order valence-corrected chi connectivity index (χ0v) is 18.6. The van der Waals surface area contributed by atoms with E-state index in [1.807, 2.05) is 4.90 Å². The molecule has 0 saturated carbocycles. The third kappa shape index (κ3) is 5.17. The van der Waals surface area contributed by atoms with Crippen molar-refractivity contribution in [2.45, 2.75) is 26.1 Å². The molecule has 2 heterocycles. The molecule has 34 heavy (non-hydrogen) atoms. The molecule has 1 fully saturated rings. The first-order valence-corrected chi connectivity index (χ1v) is 10.7. The number of benzene rings is 2. The minimum Gasteiger partial charge on any atom is -0.481 e. The van der Waals surface area contributed by atoms with Crippen molar-refractivity contribution < 1.29 is 31.9 Å². The molecule has 1 aliphatic heterocycles. The van der Waals surface area contributed by atoms with Crippen LogP contribution < -0.4 is 20.6 Å². The SMILES string of the molecule is Cc1cc(=O)oc2cc(O[C@H](C)C(=O)Nc3cc(C(F)(F)F)ccc3N3CCOCC3)ccc12. The van der Waals surface area contributed by atoms with Gasteiger partial charge < -0.3 is 24.1 Å². The van der Waals surface area contributed by atoms with Gasteiger partial charge >= 0.3 is 11.8 Å². The molecule has 2 aromatic carbocycles. The Morgan fingerprint density at radius 2 is 1.85 bits per heavy atom. The molecule has 180 valence electrons. The fraction of sp³-hybridized carbons (Fsp3) is 0.333. The lowest BCUT2D eigenvalue weighted by atomic mass is 10.1. The van der Waals surface area contributed by atoms with Gasteiger partial charge in [0.05, 0.1) is 30.2 Å². The third-order valence-corrected chi connectivity index (χ3v) is 5.54. The number of alkyl halides is 3. The number of anilines is 2. The maximum absolute atomic E-state index is 13.3. The third-order valence-electron chi connectivity index (χ3n) is 5.54. The lowest BCUT2D eigenvalue weighted by Crippen LogP contribution is -2.37. The van der Waals surface area contributed by atoms with Crippen LogP contribution in [0.15, 0.2) is 51.7 Å². The van der Waals surface area contributed by atoms with Crippen LogP contribution in [-0.4, -0.2) is 38.3 Å². The summed E-state index contributed by atoms with van der Waals surface area (Å²) in [6.45, 7) is 5.10. The smallest absolute Gasteiger partial charge is 0.416 e. The van der Waals surface area contributed by atoms with Crippen molar-refractivity contribution in [2.24, 2.45) is 0 Å². The molecule has 3 aromatic rings. The van der Waals surface area contributed by atoms with Crippen LogP contribution in [0.25, 0.3) is 11.0 Å². The van der Waals surface area contributed by atoms with Gasteiger partial charge in [-0.3, -0.25) is 4.79 Å². The van der Waals surface area contributed by atoms with E-state index in [2.05, 4.69) is 5.32 Å². The molecule has 1 saturated heterocycles. The molecule has 10 heteroatoms. The van der Waals surface area contributed by atoms with E-state index in [9.17, 15) is 22.8 Å². The van der Waals surface area contributed by atoms with E-state index >= 15 is 0 Å². The van der Waals surface area contributed by atoms with Gasteiger partial charge in [0.15, 0.2) is 6.10 Å². The van der Waals surface area contributed by atoms with Gasteiger partial charge in [-0.25, -0.2) is 4.79 Å². The highest BCUT2D eigenvalue weighted by Gasteiger charge is 2.32. The van der Waals surface area contributed by atoms with Crippen molar-refractivity contribution >= 4 is 28.3 Å². The summed E-state index contributed by atoms with van der Waals surface area (Å²) < 4.78 is 56.1. The molecule has 7 nitrogen and oxygen atoms in total. The minimum absolute atomic E-state index is 0.0392. The topological polar surface area (TPSA) is 81.0 Å². The summed E-state index contributed by atoms with van der Waals surface area (Å²) in [6.07, 6.45) is -5.60. The maximum Gasteiger partial charge on any atom is 0.416 e. The Balaban J connectivity index is 1.56. The molecule has 1 atom stereocenters. The molecule has 1 aromatic heterocycles. The predicted octanol–water partition coefficient (Wildman–Crippen LogP) is 4.36. The van der Waals surface area contributed by atoms with Gasteiger partial charge in [-0.2, -0.15) is 13.2 Å². The van der Waals surface area contributed by atoms with Gasteiger partial charge in [0.25, 0.3) is 5.91 Å². The molecule has 0 aliphatic carbocycles. The Morgan fingerprint density at radius 1 is 1.12 bits per heavy atom. The van der Waals surface area contributed by atoms with E-state index in [0.29, 0.717) is 37.6 Å². The summed E-state index contributed by atoms with van der Waals surface area (Å²) in [5.74, 6) is -0.346. The summed E-state index contributed by atoms with van der Waals surface area (Å²) in [5.41, 5.74) is 0.185. The predicted molar refractivity (Wildman–Crippen MR) is 120 cm³/mol. The van der Waals surface area contributed by atoms with E-state index in [0.717, 1.165) is 23.1 Å². The number of rotatable bonds is 5. The molecule has 1 aliphatic rings. The largest absolute Gasteiger partial charge is 0.481 e. The van der Waals surface area contributed by atoms with Gasteiger partial charge in [-0.1, -0.05) is 0 Å². The fourth-order valence-corrected chi connectivity index (χ4v) is 3.76. The second kappa shape index (κ2) is 9.38. The first kappa shape index (κ1) is 23.6. The molecule has 0 radical (unpaired) electrons. The fourth-order valence-electron chi connectivity index (χ4n) is 3.76. The minimum atomic E-state index is -4.56. The zero-order valence-electron chi connectivity index (χ0n) is 18.6. The van der Waals surface area contributed by atoms with Crippen LogP contribution in [0, 0.1) is 6.92 Å². The van der Waals surface area contributed by atoms with E-state index in [-0.39, 0.29) is 11.4 Å². The highest BCUT2D eigenvalue weighted by molar-refractivity contribution is 5.97. The van der Waals surface area contributed by atoms with Crippen LogP contribution in [0.3, 0.4) is 0 Å². The first-order valence-electron chi connectivity index (χ1n) is 10.7. The van der Waals surface area contributed by atoms with Gasteiger partial charge in [-0.05, 0) is 49.7 Å². The number of ether oxygens (including phenoxy) is 2. The van der Waals surface area contributed by atoms with Gasteiger partial charge in [0.2, 0.25) is 0 Å². The Labute approximate surface area is 193 Å². The van der Waals surface area contributed by atoms with E-state index < -0.39 is 29.4 Å². The summed E-state index contributed by atoms with van der Waals surface area (Å²) in [4.78, 5) is 26.4. The molecular formula is C24H23F3N2O5. The highest BCUT2D eigenvalue weighted by Crippen LogP contribution is 2.36.